The molecule has 1 nitrogen and oxygen atoms in total. The molecule has 1 rings (SSSR count). The summed E-state index contributed by atoms with van der Waals surface area (Å²) in [6.07, 6.45) is 4.05. The average Bonchev–Trinajstić information content (AvgIpc) is 2.29. The molecule has 16 heavy (non-hydrogen) atoms. The molecule has 0 aliphatic carbocycles. The van der Waals surface area contributed by atoms with Crippen molar-refractivity contribution in [3.63, 3.8) is 0 Å². The molecule has 0 amide bonds. The van der Waals surface area contributed by atoms with E-state index in [2.05, 4.69) is 38.1 Å². The minimum absolute atomic E-state index is 0.378. The van der Waals surface area contributed by atoms with Crippen LogP contribution in [0.1, 0.15) is 45.6 Å². The Bertz CT molecular complexity index is 290. The molecule has 0 radical (unpaired) electrons. The lowest BCUT2D eigenvalue weighted by molar-refractivity contribution is -0.00471. The summed E-state index contributed by atoms with van der Waals surface area (Å²) in [6, 6.07) is 10.5. The maximum Gasteiger partial charge on any atom is 0.0645 e. The van der Waals surface area contributed by atoms with E-state index in [-0.39, 0.29) is 0 Å². The first-order valence-corrected chi connectivity index (χ1v) is 6.32. The Hall–Kier alpha value is -0.820. The maximum absolute atomic E-state index is 10.3. The van der Waals surface area contributed by atoms with Gasteiger partial charge in [-0.3, -0.25) is 0 Å². The predicted octanol–water partition coefficient (Wildman–Crippen LogP) is 3.81. The smallest absolute Gasteiger partial charge is 0.0645 e. The Labute approximate surface area is 99.5 Å². The van der Waals surface area contributed by atoms with Crippen LogP contribution in [0, 0.1) is 5.92 Å². The van der Waals surface area contributed by atoms with E-state index in [1.165, 1.54) is 5.56 Å². The van der Waals surface area contributed by atoms with Crippen LogP contribution in [0.25, 0.3) is 0 Å². The topological polar surface area (TPSA) is 20.2 Å². The van der Waals surface area contributed by atoms with Crippen molar-refractivity contribution in [2.45, 2.75) is 52.1 Å². The fourth-order valence-corrected chi connectivity index (χ4v) is 1.98. The number of hydrogen-bond donors (Lipinski definition) is 1. The fraction of sp³-hybridized carbons (Fsp3) is 0.600. The van der Waals surface area contributed by atoms with Gasteiger partial charge in [0.15, 0.2) is 0 Å². The lowest BCUT2D eigenvalue weighted by Crippen LogP contribution is -2.32. The van der Waals surface area contributed by atoms with Crippen molar-refractivity contribution in [2.75, 3.05) is 0 Å². The molecule has 2 unspecified atom stereocenters. The van der Waals surface area contributed by atoms with Crippen LogP contribution in [0.15, 0.2) is 30.3 Å². The molecule has 0 aromatic heterocycles. The summed E-state index contributed by atoms with van der Waals surface area (Å²) in [7, 11) is 0. The minimum atomic E-state index is -0.510. The van der Waals surface area contributed by atoms with Gasteiger partial charge in [0.1, 0.15) is 0 Å². The van der Waals surface area contributed by atoms with E-state index in [1.807, 2.05) is 13.0 Å². The molecule has 0 spiro atoms. The quantitative estimate of drug-likeness (QED) is 0.773. The third kappa shape index (κ3) is 3.97. The second kappa shape index (κ2) is 6.05. The summed E-state index contributed by atoms with van der Waals surface area (Å²) in [5.74, 6) is 0.378. The van der Waals surface area contributed by atoms with Crippen LogP contribution < -0.4 is 0 Å². The molecule has 0 aliphatic rings. The van der Waals surface area contributed by atoms with Gasteiger partial charge in [-0.1, -0.05) is 50.6 Å². The second-order valence-corrected chi connectivity index (χ2v) is 5.01. The van der Waals surface area contributed by atoms with Gasteiger partial charge in [-0.05, 0) is 37.7 Å². The van der Waals surface area contributed by atoms with Crippen molar-refractivity contribution in [1.29, 1.82) is 0 Å². The van der Waals surface area contributed by atoms with Gasteiger partial charge in [0.05, 0.1) is 5.60 Å². The number of aryl methyl sites for hydroxylation is 1. The van der Waals surface area contributed by atoms with E-state index in [0.29, 0.717) is 5.92 Å². The molecule has 1 heteroatoms. The summed E-state index contributed by atoms with van der Waals surface area (Å²) >= 11 is 0. The summed E-state index contributed by atoms with van der Waals surface area (Å²) in [4.78, 5) is 0. The zero-order valence-electron chi connectivity index (χ0n) is 10.7. The van der Waals surface area contributed by atoms with Crippen LogP contribution in [-0.2, 0) is 6.42 Å². The van der Waals surface area contributed by atoms with Crippen molar-refractivity contribution >= 4 is 0 Å². The molecule has 0 aliphatic heterocycles. The van der Waals surface area contributed by atoms with Crippen molar-refractivity contribution in [3.8, 4) is 0 Å². The Kier molecular flexibility index (Phi) is 5.01. The first-order chi connectivity index (χ1) is 7.56. The molecule has 0 fully saturated rings. The van der Waals surface area contributed by atoms with Crippen LogP contribution in [0.5, 0.6) is 0 Å². The Morgan fingerprint density at radius 1 is 1.25 bits per heavy atom. The second-order valence-electron chi connectivity index (χ2n) is 5.01. The summed E-state index contributed by atoms with van der Waals surface area (Å²) < 4.78 is 0. The van der Waals surface area contributed by atoms with E-state index in [4.69, 9.17) is 0 Å². The minimum Gasteiger partial charge on any atom is -0.390 e. The van der Waals surface area contributed by atoms with Gasteiger partial charge in [-0.25, -0.2) is 0 Å². The summed E-state index contributed by atoms with van der Waals surface area (Å²) in [5.41, 5.74) is 0.853. The lowest BCUT2D eigenvalue weighted by Gasteiger charge is -2.29. The van der Waals surface area contributed by atoms with Crippen molar-refractivity contribution in [3.05, 3.63) is 35.9 Å². The van der Waals surface area contributed by atoms with Crippen LogP contribution in [0.4, 0.5) is 0 Å². The van der Waals surface area contributed by atoms with Crippen molar-refractivity contribution < 1.29 is 5.11 Å². The van der Waals surface area contributed by atoms with E-state index < -0.39 is 5.60 Å². The molecular formula is C15H24O. The first kappa shape index (κ1) is 13.2. The largest absolute Gasteiger partial charge is 0.390 e. The van der Waals surface area contributed by atoms with Gasteiger partial charge >= 0.3 is 0 Å². The average molecular weight is 220 g/mol. The highest BCUT2D eigenvalue weighted by Gasteiger charge is 2.25. The van der Waals surface area contributed by atoms with Crippen molar-refractivity contribution in [2.24, 2.45) is 5.92 Å². The SMILES string of the molecule is CCC(C)C(C)(O)CCCc1ccccc1. The number of rotatable bonds is 6. The van der Waals surface area contributed by atoms with Crippen LogP contribution in [0.3, 0.4) is 0 Å². The number of aliphatic hydroxyl groups is 1. The molecule has 0 bridgehead atoms. The normalized spacial score (nSPS) is 16.8. The van der Waals surface area contributed by atoms with Crippen LogP contribution in [0.2, 0.25) is 0 Å². The Morgan fingerprint density at radius 3 is 2.44 bits per heavy atom. The monoisotopic (exact) mass is 220 g/mol. The predicted molar refractivity (Wildman–Crippen MR) is 69.5 cm³/mol. The van der Waals surface area contributed by atoms with Gasteiger partial charge in [-0.15, -0.1) is 0 Å². The molecule has 90 valence electrons. The van der Waals surface area contributed by atoms with Crippen LogP contribution in [-0.4, -0.2) is 10.7 Å². The summed E-state index contributed by atoms with van der Waals surface area (Å²) in [6.45, 7) is 6.23. The molecule has 0 heterocycles. The number of hydrogen-bond acceptors (Lipinski definition) is 1. The molecule has 0 saturated carbocycles. The molecule has 1 aromatic carbocycles. The van der Waals surface area contributed by atoms with Gasteiger partial charge in [0, 0.05) is 0 Å². The summed E-state index contributed by atoms with van der Waals surface area (Å²) in [5, 5.41) is 10.3. The lowest BCUT2D eigenvalue weighted by atomic mass is 9.84. The standard InChI is InChI=1S/C15H24O/c1-4-13(2)15(3,16)12-8-11-14-9-6-5-7-10-14/h5-7,9-10,13,16H,4,8,11-12H2,1-3H3. The number of benzene rings is 1. The third-order valence-corrected chi connectivity index (χ3v) is 3.67. The van der Waals surface area contributed by atoms with Gasteiger partial charge in [-0.2, -0.15) is 0 Å². The third-order valence-electron chi connectivity index (χ3n) is 3.67. The molecule has 1 aromatic rings. The fourth-order valence-electron chi connectivity index (χ4n) is 1.98. The first-order valence-electron chi connectivity index (χ1n) is 6.32. The molecule has 0 saturated heterocycles. The highest BCUT2D eigenvalue weighted by Crippen LogP contribution is 2.25. The maximum atomic E-state index is 10.3. The van der Waals surface area contributed by atoms with E-state index in [1.54, 1.807) is 0 Å². The van der Waals surface area contributed by atoms with Gasteiger partial charge < -0.3 is 5.11 Å². The van der Waals surface area contributed by atoms with E-state index in [0.717, 1.165) is 25.7 Å². The zero-order valence-corrected chi connectivity index (χ0v) is 10.7. The van der Waals surface area contributed by atoms with Gasteiger partial charge in [0.2, 0.25) is 0 Å². The van der Waals surface area contributed by atoms with Crippen molar-refractivity contribution in [1.82, 2.24) is 0 Å². The zero-order chi connectivity index (χ0) is 12.0. The Balaban J connectivity index is 2.35. The van der Waals surface area contributed by atoms with E-state index >= 15 is 0 Å². The van der Waals surface area contributed by atoms with Crippen LogP contribution >= 0.6 is 0 Å². The van der Waals surface area contributed by atoms with E-state index in [9.17, 15) is 5.11 Å². The van der Waals surface area contributed by atoms with Gasteiger partial charge in [0.25, 0.3) is 0 Å². The highest BCUT2D eigenvalue weighted by atomic mass is 16.3. The Morgan fingerprint density at radius 2 is 1.88 bits per heavy atom. The molecule has 1 N–H and O–H groups in total. The highest BCUT2D eigenvalue weighted by molar-refractivity contribution is 5.14. The molecule has 2 atom stereocenters. The molecular weight excluding hydrogens is 196 g/mol.